The van der Waals surface area contributed by atoms with E-state index in [1.165, 1.54) is 6.07 Å². The first-order valence-electron chi connectivity index (χ1n) is 9.31. The Morgan fingerprint density at radius 3 is 2.20 bits per heavy atom. The summed E-state index contributed by atoms with van der Waals surface area (Å²) in [5, 5.41) is 8.93. The Hall–Kier alpha value is -4.26. The lowest BCUT2D eigenvalue weighted by Crippen LogP contribution is -2.33. The molecule has 0 radical (unpaired) electrons. The summed E-state index contributed by atoms with van der Waals surface area (Å²) in [7, 11) is 0. The summed E-state index contributed by atoms with van der Waals surface area (Å²) in [6.45, 7) is -0.214. The van der Waals surface area contributed by atoms with Crippen LogP contribution in [0.15, 0.2) is 89.6 Å². The van der Waals surface area contributed by atoms with Crippen LogP contribution >= 0.6 is 0 Å². The number of nitrogens with zero attached hydrogens (tertiary/aromatic N) is 2. The number of carbonyl (C=O) groups excluding carboxylic acids is 2. The first-order chi connectivity index (χ1) is 14.7. The molecule has 2 aromatic carbocycles. The summed E-state index contributed by atoms with van der Waals surface area (Å²) in [6.07, 6.45) is 1.68. The molecule has 7 heteroatoms. The van der Waals surface area contributed by atoms with Crippen molar-refractivity contribution in [3.63, 3.8) is 0 Å². The molecule has 7 nitrogen and oxygen atoms in total. The van der Waals surface area contributed by atoms with E-state index in [9.17, 15) is 9.59 Å². The van der Waals surface area contributed by atoms with Crippen LogP contribution in [0.1, 0.15) is 10.5 Å². The highest BCUT2D eigenvalue weighted by Gasteiger charge is 2.14. The molecule has 0 aliphatic heterocycles. The van der Waals surface area contributed by atoms with Crippen molar-refractivity contribution in [1.82, 2.24) is 15.5 Å². The number of amides is 2. The van der Waals surface area contributed by atoms with Gasteiger partial charge in [0.2, 0.25) is 5.91 Å². The fourth-order valence-corrected chi connectivity index (χ4v) is 2.83. The Morgan fingerprint density at radius 2 is 1.53 bits per heavy atom. The molecule has 0 spiro atoms. The van der Waals surface area contributed by atoms with Gasteiger partial charge >= 0.3 is 0 Å². The average molecular weight is 398 g/mol. The number of aromatic nitrogens is 2. The maximum absolute atomic E-state index is 12.2. The topological polar surface area (TPSA) is 97.1 Å². The van der Waals surface area contributed by atoms with E-state index in [1.807, 2.05) is 66.7 Å². The number of benzene rings is 2. The van der Waals surface area contributed by atoms with Gasteiger partial charge < -0.3 is 15.2 Å². The first kappa shape index (κ1) is 19.1. The van der Waals surface area contributed by atoms with Crippen molar-refractivity contribution < 1.29 is 14.1 Å². The van der Waals surface area contributed by atoms with Crippen LogP contribution in [0.4, 0.5) is 5.82 Å². The van der Waals surface area contributed by atoms with Crippen LogP contribution in [0, 0.1) is 0 Å². The zero-order valence-electron chi connectivity index (χ0n) is 15.9. The Balaban J connectivity index is 1.30. The number of hydrogen-bond acceptors (Lipinski definition) is 5. The molecule has 2 amide bonds. The van der Waals surface area contributed by atoms with Crippen LogP contribution in [0.25, 0.3) is 22.5 Å². The van der Waals surface area contributed by atoms with E-state index in [2.05, 4.69) is 20.8 Å². The van der Waals surface area contributed by atoms with Crippen LogP contribution in [-0.4, -0.2) is 28.5 Å². The fraction of sp³-hybridized carbons (Fsp3) is 0.0435. The van der Waals surface area contributed by atoms with Crippen molar-refractivity contribution in [2.75, 3.05) is 11.9 Å². The van der Waals surface area contributed by atoms with Crippen molar-refractivity contribution in [3.8, 4) is 22.5 Å². The van der Waals surface area contributed by atoms with E-state index in [0.717, 1.165) is 16.7 Å². The minimum absolute atomic E-state index is 0.104. The quantitative estimate of drug-likeness (QED) is 0.515. The predicted molar refractivity (Wildman–Crippen MR) is 113 cm³/mol. The van der Waals surface area contributed by atoms with Gasteiger partial charge in [0.1, 0.15) is 5.82 Å². The highest BCUT2D eigenvalue weighted by molar-refractivity contribution is 5.98. The number of hydrogen-bond donors (Lipinski definition) is 2. The zero-order chi connectivity index (χ0) is 20.8. The van der Waals surface area contributed by atoms with Gasteiger partial charge in [-0.1, -0.05) is 65.8 Å². The number of rotatable bonds is 6. The Bertz CT molecular complexity index is 1140. The molecule has 0 bridgehead atoms. The monoisotopic (exact) mass is 398 g/mol. The molecule has 4 aromatic rings. The van der Waals surface area contributed by atoms with Gasteiger partial charge in [0.05, 0.1) is 6.54 Å². The highest BCUT2D eigenvalue weighted by atomic mass is 16.5. The van der Waals surface area contributed by atoms with Gasteiger partial charge in [0.15, 0.2) is 11.5 Å². The third-order valence-corrected chi connectivity index (χ3v) is 4.35. The van der Waals surface area contributed by atoms with Crippen molar-refractivity contribution in [2.45, 2.75) is 0 Å². The lowest BCUT2D eigenvalue weighted by molar-refractivity contribution is -0.115. The summed E-state index contributed by atoms with van der Waals surface area (Å²) >= 11 is 0. The van der Waals surface area contributed by atoms with E-state index >= 15 is 0 Å². The molecular weight excluding hydrogens is 380 g/mol. The highest BCUT2D eigenvalue weighted by Crippen LogP contribution is 2.20. The average Bonchev–Trinajstić information content (AvgIpc) is 3.30. The molecule has 4 rings (SSSR count). The van der Waals surface area contributed by atoms with Gasteiger partial charge in [-0.05, 0) is 17.7 Å². The molecular formula is C23H18N4O3. The van der Waals surface area contributed by atoms with Gasteiger partial charge in [-0.25, -0.2) is 4.98 Å². The molecule has 2 aromatic heterocycles. The van der Waals surface area contributed by atoms with E-state index in [-0.39, 0.29) is 12.2 Å². The second-order valence-corrected chi connectivity index (χ2v) is 6.47. The lowest BCUT2D eigenvalue weighted by Gasteiger charge is -2.06. The van der Waals surface area contributed by atoms with E-state index < -0.39 is 11.8 Å². The number of carbonyl (C=O) groups is 2. The summed E-state index contributed by atoms with van der Waals surface area (Å²) < 4.78 is 5.20. The Labute approximate surface area is 172 Å². The second kappa shape index (κ2) is 8.83. The molecule has 148 valence electrons. The number of pyridine rings is 1. The lowest BCUT2D eigenvalue weighted by atomic mass is 10.1. The molecule has 0 unspecified atom stereocenters. The smallest absolute Gasteiger partial charge is 0.273 e. The van der Waals surface area contributed by atoms with Crippen LogP contribution in [0.2, 0.25) is 0 Å². The van der Waals surface area contributed by atoms with Crippen molar-refractivity contribution in [1.29, 1.82) is 0 Å². The predicted octanol–water partition coefficient (Wildman–Crippen LogP) is 3.77. The Kier molecular flexibility index (Phi) is 5.61. The molecule has 30 heavy (non-hydrogen) atoms. The molecule has 0 atom stereocenters. The molecule has 0 fully saturated rings. The van der Waals surface area contributed by atoms with Crippen molar-refractivity contribution in [3.05, 3.63) is 90.8 Å². The molecule has 0 saturated carbocycles. The minimum atomic E-state index is -0.497. The standard InChI is InChI=1S/C23H18N4O3/c28-22(26-21-12-11-18(14-24-21)16-7-3-1-4-8-16)15-25-23(29)19-13-20(30-27-19)17-9-5-2-6-10-17/h1-14H,15H2,(H,25,29)(H,24,26,28). The summed E-state index contributed by atoms with van der Waals surface area (Å²) in [6, 6.07) is 24.3. The fourth-order valence-electron chi connectivity index (χ4n) is 2.83. The van der Waals surface area contributed by atoms with Crippen molar-refractivity contribution in [2.24, 2.45) is 0 Å². The largest absolute Gasteiger partial charge is 0.355 e. The molecule has 0 saturated heterocycles. The SMILES string of the molecule is O=C(CNC(=O)c1cc(-c2ccccc2)on1)Nc1ccc(-c2ccccc2)cn1. The summed E-state index contributed by atoms with van der Waals surface area (Å²) in [4.78, 5) is 28.6. The maximum atomic E-state index is 12.2. The van der Waals surface area contributed by atoms with Crippen LogP contribution in [-0.2, 0) is 4.79 Å². The first-order valence-corrected chi connectivity index (χ1v) is 9.31. The van der Waals surface area contributed by atoms with Gasteiger partial charge in [-0.3, -0.25) is 9.59 Å². The third-order valence-electron chi connectivity index (χ3n) is 4.35. The van der Waals surface area contributed by atoms with Crippen LogP contribution in [0.5, 0.6) is 0 Å². The van der Waals surface area contributed by atoms with E-state index in [4.69, 9.17) is 4.52 Å². The number of nitrogens with one attached hydrogen (secondary N) is 2. The van der Waals surface area contributed by atoms with Gasteiger partial charge in [-0.15, -0.1) is 0 Å². The van der Waals surface area contributed by atoms with Gasteiger partial charge in [0, 0.05) is 23.4 Å². The molecule has 2 N–H and O–H groups in total. The molecule has 0 aliphatic carbocycles. The summed E-state index contributed by atoms with van der Waals surface area (Å²) in [5.41, 5.74) is 2.90. The minimum Gasteiger partial charge on any atom is -0.355 e. The molecule has 2 heterocycles. The molecule has 0 aliphatic rings. The van der Waals surface area contributed by atoms with Gasteiger partial charge in [0.25, 0.3) is 5.91 Å². The van der Waals surface area contributed by atoms with Crippen LogP contribution < -0.4 is 10.6 Å². The maximum Gasteiger partial charge on any atom is 0.273 e. The normalized spacial score (nSPS) is 10.4. The zero-order valence-corrected chi connectivity index (χ0v) is 15.9. The Morgan fingerprint density at radius 1 is 0.833 bits per heavy atom. The summed E-state index contributed by atoms with van der Waals surface area (Å²) in [5.74, 6) is -0.00630. The second-order valence-electron chi connectivity index (χ2n) is 6.47. The van der Waals surface area contributed by atoms with Crippen molar-refractivity contribution >= 4 is 17.6 Å². The third kappa shape index (κ3) is 4.59. The van der Waals surface area contributed by atoms with Gasteiger partial charge in [-0.2, -0.15) is 0 Å². The van der Waals surface area contributed by atoms with Crippen LogP contribution in [0.3, 0.4) is 0 Å². The number of anilines is 1. The van der Waals surface area contributed by atoms with E-state index in [1.54, 1.807) is 12.3 Å². The van der Waals surface area contributed by atoms with E-state index in [0.29, 0.717) is 11.6 Å².